The monoisotopic (exact) mass is 243 g/mol. The molecule has 1 aromatic rings. The van der Waals surface area contributed by atoms with E-state index in [0.717, 1.165) is 11.8 Å². The van der Waals surface area contributed by atoms with Gasteiger partial charge in [-0.25, -0.2) is 4.98 Å². The average Bonchev–Trinajstić information content (AvgIpc) is 3.29. The molecule has 3 rings (SSSR count). The Morgan fingerprint density at radius 2 is 2.00 bits per heavy atom. The molecule has 94 valence electrons. The van der Waals surface area contributed by atoms with Crippen LogP contribution in [-0.2, 0) is 0 Å². The van der Waals surface area contributed by atoms with Crippen LogP contribution in [0.2, 0.25) is 0 Å². The average molecular weight is 243 g/mol. The third kappa shape index (κ3) is 2.23. The second kappa shape index (κ2) is 4.45. The van der Waals surface area contributed by atoms with Crippen LogP contribution >= 0.6 is 0 Å². The molecule has 2 fully saturated rings. The molecule has 2 aliphatic rings. The van der Waals surface area contributed by atoms with Gasteiger partial charge in [-0.15, -0.1) is 0 Å². The fraction of sp³-hybridized carbons (Fsp3) is 0.615. The summed E-state index contributed by atoms with van der Waals surface area (Å²) in [5, 5.41) is 15.5. The number of anilines is 2. The zero-order valence-electron chi connectivity index (χ0n) is 10.5. The van der Waals surface area contributed by atoms with Crippen LogP contribution in [0.5, 0.6) is 0 Å². The molecule has 0 bridgehead atoms. The van der Waals surface area contributed by atoms with Crippen molar-refractivity contribution in [3.63, 3.8) is 0 Å². The van der Waals surface area contributed by atoms with E-state index in [1.807, 2.05) is 0 Å². The maximum Gasteiger partial charge on any atom is 0.224 e. The molecule has 0 spiro atoms. The summed E-state index contributed by atoms with van der Waals surface area (Å²) < 4.78 is 0. The highest BCUT2D eigenvalue weighted by Crippen LogP contribution is 2.45. The largest absolute Gasteiger partial charge is 0.366 e. The molecule has 2 N–H and O–H groups in total. The predicted molar refractivity (Wildman–Crippen MR) is 69.2 cm³/mol. The third-order valence-electron chi connectivity index (χ3n) is 3.70. The first-order chi connectivity index (χ1) is 8.81. The molecule has 5 heteroatoms. The molecule has 18 heavy (non-hydrogen) atoms. The van der Waals surface area contributed by atoms with Crippen molar-refractivity contribution in [1.29, 1.82) is 5.26 Å². The Morgan fingerprint density at radius 1 is 1.33 bits per heavy atom. The van der Waals surface area contributed by atoms with Crippen LogP contribution in [-0.4, -0.2) is 23.1 Å². The Bertz CT molecular complexity index is 473. The quantitative estimate of drug-likeness (QED) is 0.827. The fourth-order valence-corrected chi connectivity index (χ4v) is 2.38. The first kappa shape index (κ1) is 11.3. The van der Waals surface area contributed by atoms with Gasteiger partial charge in [0.15, 0.2) is 0 Å². The molecule has 1 heterocycles. The van der Waals surface area contributed by atoms with E-state index in [1.165, 1.54) is 25.7 Å². The Hall–Kier alpha value is -1.83. The van der Waals surface area contributed by atoms with Crippen LogP contribution in [0.1, 0.15) is 31.2 Å². The maximum absolute atomic E-state index is 9.11. The molecule has 0 aliphatic heterocycles. The Labute approximate surface area is 107 Å². The SMILES string of the molecule is CNc1ncc(C#N)c(NC(C2CC2)C2CC2)n1. The predicted octanol–water partition coefficient (Wildman–Crippen LogP) is 1.99. The topological polar surface area (TPSA) is 73.6 Å². The van der Waals surface area contributed by atoms with Gasteiger partial charge in [-0.2, -0.15) is 10.2 Å². The number of nitriles is 1. The van der Waals surface area contributed by atoms with Crippen molar-refractivity contribution in [2.75, 3.05) is 17.7 Å². The lowest BCUT2D eigenvalue weighted by Gasteiger charge is -2.19. The van der Waals surface area contributed by atoms with Crippen LogP contribution in [0.25, 0.3) is 0 Å². The van der Waals surface area contributed by atoms with Gasteiger partial charge in [-0.05, 0) is 37.5 Å². The Kier molecular flexibility index (Phi) is 2.78. The normalized spacial score (nSPS) is 18.5. The van der Waals surface area contributed by atoms with Crippen molar-refractivity contribution in [3.05, 3.63) is 11.8 Å². The van der Waals surface area contributed by atoms with Gasteiger partial charge in [-0.3, -0.25) is 0 Å². The Balaban J connectivity index is 1.83. The number of rotatable bonds is 5. The summed E-state index contributed by atoms with van der Waals surface area (Å²) in [6.07, 6.45) is 6.80. The molecule has 0 amide bonds. The first-order valence-electron chi connectivity index (χ1n) is 6.53. The van der Waals surface area contributed by atoms with Gasteiger partial charge >= 0.3 is 0 Å². The van der Waals surface area contributed by atoms with Crippen molar-refractivity contribution in [1.82, 2.24) is 9.97 Å². The molecule has 0 aromatic carbocycles. The second-order valence-electron chi connectivity index (χ2n) is 5.16. The molecular formula is C13H17N5. The highest BCUT2D eigenvalue weighted by atomic mass is 15.1. The van der Waals surface area contributed by atoms with E-state index in [-0.39, 0.29) is 0 Å². The molecule has 0 atom stereocenters. The van der Waals surface area contributed by atoms with Crippen LogP contribution < -0.4 is 10.6 Å². The van der Waals surface area contributed by atoms with E-state index in [0.29, 0.717) is 23.4 Å². The zero-order valence-corrected chi connectivity index (χ0v) is 10.5. The third-order valence-corrected chi connectivity index (χ3v) is 3.70. The summed E-state index contributed by atoms with van der Waals surface area (Å²) >= 11 is 0. The number of hydrogen-bond acceptors (Lipinski definition) is 5. The van der Waals surface area contributed by atoms with E-state index in [2.05, 4.69) is 26.7 Å². The number of nitrogens with zero attached hydrogens (tertiary/aromatic N) is 3. The van der Waals surface area contributed by atoms with E-state index >= 15 is 0 Å². The smallest absolute Gasteiger partial charge is 0.224 e. The van der Waals surface area contributed by atoms with Gasteiger partial charge in [0.25, 0.3) is 0 Å². The van der Waals surface area contributed by atoms with Crippen LogP contribution in [0, 0.1) is 23.2 Å². The molecule has 0 unspecified atom stereocenters. The summed E-state index contributed by atoms with van der Waals surface area (Å²) in [6, 6.07) is 2.65. The molecule has 2 aliphatic carbocycles. The Morgan fingerprint density at radius 3 is 2.50 bits per heavy atom. The second-order valence-corrected chi connectivity index (χ2v) is 5.16. The van der Waals surface area contributed by atoms with Gasteiger partial charge in [0.05, 0.1) is 6.20 Å². The van der Waals surface area contributed by atoms with Crippen molar-refractivity contribution in [2.45, 2.75) is 31.7 Å². The van der Waals surface area contributed by atoms with Crippen LogP contribution in [0.3, 0.4) is 0 Å². The lowest BCUT2D eigenvalue weighted by molar-refractivity contribution is 0.565. The standard InChI is InChI=1S/C13H17N5/c1-15-13-16-7-10(6-14)12(18-13)17-11(8-2-3-8)9-4-5-9/h7-9,11H,2-5H2,1H3,(H2,15,16,17,18). The maximum atomic E-state index is 9.11. The molecule has 1 aromatic heterocycles. The van der Waals surface area contributed by atoms with Gasteiger partial charge in [-0.1, -0.05) is 0 Å². The number of hydrogen-bond donors (Lipinski definition) is 2. The molecular weight excluding hydrogens is 226 g/mol. The molecule has 5 nitrogen and oxygen atoms in total. The summed E-state index contributed by atoms with van der Waals surface area (Å²) in [4.78, 5) is 8.44. The van der Waals surface area contributed by atoms with Crippen LogP contribution in [0.15, 0.2) is 6.20 Å². The van der Waals surface area contributed by atoms with Crippen LogP contribution in [0.4, 0.5) is 11.8 Å². The van der Waals surface area contributed by atoms with E-state index in [4.69, 9.17) is 5.26 Å². The van der Waals surface area contributed by atoms with Gasteiger partial charge < -0.3 is 10.6 Å². The van der Waals surface area contributed by atoms with Crippen molar-refractivity contribution >= 4 is 11.8 Å². The lowest BCUT2D eigenvalue weighted by atomic mass is 10.1. The van der Waals surface area contributed by atoms with Gasteiger partial charge in [0.2, 0.25) is 5.95 Å². The lowest BCUT2D eigenvalue weighted by Crippen LogP contribution is -2.25. The number of nitrogens with one attached hydrogen (secondary N) is 2. The van der Waals surface area contributed by atoms with Gasteiger partial charge in [0.1, 0.15) is 17.5 Å². The minimum atomic E-state index is 0.497. The first-order valence-corrected chi connectivity index (χ1v) is 6.53. The van der Waals surface area contributed by atoms with E-state index in [1.54, 1.807) is 13.2 Å². The molecule has 0 saturated heterocycles. The highest BCUT2D eigenvalue weighted by Gasteiger charge is 2.41. The molecule has 2 saturated carbocycles. The van der Waals surface area contributed by atoms with E-state index in [9.17, 15) is 0 Å². The molecule has 0 radical (unpaired) electrons. The fourth-order valence-electron chi connectivity index (χ4n) is 2.38. The van der Waals surface area contributed by atoms with Crippen molar-refractivity contribution in [3.8, 4) is 6.07 Å². The summed E-state index contributed by atoms with van der Waals surface area (Å²) in [5.41, 5.74) is 0.528. The minimum Gasteiger partial charge on any atom is -0.366 e. The van der Waals surface area contributed by atoms with Crippen molar-refractivity contribution in [2.24, 2.45) is 11.8 Å². The minimum absolute atomic E-state index is 0.497. The summed E-state index contributed by atoms with van der Waals surface area (Å²) in [6.45, 7) is 0. The van der Waals surface area contributed by atoms with E-state index < -0.39 is 0 Å². The van der Waals surface area contributed by atoms with Crippen molar-refractivity contribution < 1.29 is 0 Å². The summed E-state index contributed by atoms with van der Waals surface area (Å²) in [5.74, 6) is 2.79. The highest BCUT2D eigenvalue weighted by molar-refractivity contribution is 5.54. The zero-order chi connectivity index (χ0) is 12.5. The number of aromatic nitrogens is 2. The van der Waals surface area contributed by atoms with Gasteiger partial charge in [0, 0.05) is 13.1 Å². The summed E-state index contributed by atoms with van der Waals surface area (Å²) in [7, 11) is 1.78.